The fourth-order valence-electron chi connectivity index (χ4n) is 3.24. The van der Waals surface area contributed by atoms with Crippen molar-refractivity contribution in [2.45, 2.75) is 37.6 Å². The molecule has 0 radical (unpaired) electrons. The third kappa shape index (κ3) is 5.29. The zero-order valence-corrected chi connectivity index (χ0v) is 17.7. The third-order valence-electron chi connectivity index (χ3n) is 4.67. The molecule has 0 saturated carbocycles. The highest BCUT2D eigenvalue weighted by atomic mass is 32.2. The van der Waals surface area contributed by atoms with Crippen LogP contribution in [-0.4, -0.2) is 59.9 Å². The topological polar surface area (TPSA) is 126 Å². The Balaban J connectivity index is 1.79. The molecule has 3 rings (SSSR count). The summed E-state index contributed by atoms with van der Waals surface area (Å²) < 4.78 is 34.5. The van der Waals surface area contributed by atoms with E-state index < -0.39 is 16.1 Å². The molecule has 1 saturated heterocycles. The lowest BCUT2D eigenvalue weighted by Crippen LogP contribution is -2.35. The molecule has 30 heavy (non-hydrogen) atoms. The molecule has 11 heteroatoms. The molecular weight excluding hydrogens is 410 g/mol. The number of hydrogen-bond donors (Lipinski definition) is 3. The number of carbonyl (C=O) groups is 1. The minimum absolute atomic E-state index is 0.0662. The van der Waals surface area contributed by atoms with Crippen LogP contribution in [0.15, 0.2) is 35.5 Å². The molecule has 1 aromatic carbocycles. The fourth-order valence-corrected chi connectivity index (χ4v) is 4.78. The van der Waals surface area contributed by atoms with E-state index in [1.807, 2.05) is 0 Å². The molecule has 1 fully saturated rings. The molecule has 2 aromatic rings. The molecule has 2 heterocycles. The van der Waals surface area contributed by atoms with Gasteiger partial charge in [0.15, 0.2) is 0 Å². The van der Waals surface area contributed by atoms with Crippen LogP contribution in [0.1, 0.15) is 26.2 Å². The highest BCUT2D eigenvalue weighted by molar-refractivity contribution is 7.89. The van der Waals surface area contributed by atoms with Gasteiger partial charge < -0.3 is 20.5 Å². The van der Waals surface area contributed by atoms with E-state index in [9.17, 15) is 13.2 Å². The molecule has 0 atom stereocenters. The summed E-state index contributed by atoms with van der Waals surface area (Å²) in [5.41, 5.74) is 0.700. The SMILES string of the molecule is CCOc1ccc(S(=O)(=O)N2CCCCC2)cc1NC(=O)Nc1cnn(CCO)c1. The van der Waals surface area contributed by atoms with Crippen molar-refractivity contribution in [2.75, 3.05) is 36.9 Å². The van der Waals surface area contributed by atoms with Gasteiger partial charge in [-0.2, -0.15) is 9.40 Å². The molecule has 0 aliphatic carbocycles. The van der Waals surface area contributed by atoms with Gasteiger partial charge in [-0.15, -0.1) is 0 Å². The zero-order chi connectivity index (χ0) is 21.6. The van der Waals surface area contributed by atoms with Crippen LogP contribution in [0.25, 0.3) is 0 Å². The van der Waals surface area contributed by atoms with Gasteiger partial charge in [-0.05, 0) is 38.0 Å². The molecule has 0 unspecified atom stereocenters. The number of carbonyl (C=O) groups excluding carboxylic acids is 1. The Morgan fingerprint density at radius 1 is 1.23 bits per heavy atom. The van der Waals surface area contributed by atoms with E-state index >= 15 is 0 Å². The van der Waals surface area contributed by atoms with Gasteiger partial charge in [0.1, 0.15) is 5.75 Å². The maximum absolute atomic E-state index is 13.0. The first-order chi connectivity index (χ1) is 14.4. The fraction of sp³-hybridized carbons (Fsp3) is 0.474. The first kappa shape index (κ1) is 22.1. The number of ether oxygens (including phenoxy) is 1. The minimum atomic E-state index is -3.64. The van der Waals surface area contributed by atoms with Crippen LogP contribution < -0.4 is 15.4 Å². The number of urea groups is 1. The molecule has 164 valence electrons. The molecule has 0 bridgehead atoms. The Morgan fingerprint density at radius 3 is 2.70 bits per heavy atom. The normalized spacial score (nSPS) is 15.0. The molecule has 10 nitrogen and oxygen atoms in total. The number of nitrogens with one attached hydrogen (secondary N) is 2. The third-order valence-corrected chi connectivity index (χ3v) is 6.57. The Bertz CT molecular complexity index is 969. The molecule has 1 aromatic heterocycles. The minimum Gasteiger partial charge on any atom is -0.492 e. The number of piperidine rings is 1. The van der Waals surface area contributed by atoms with E-state index in [0.29, 0.717) is 37.7 Å². The molecule has 1 aliphatic rings. The van der Waals surface area contributed by atoms with Gasteiger partial charge >= 0.3 is 6.03 Å². The van der Waals surface area contributed by atoms with E-state index in [4.69, 9.17) is 9.84 Å². The van der Waals surface area contributed by atoms with E-state index in [1.165, 1.54) is 27.3 Å². The molecule has 2 amide bonds. The van der Waals surface area contributed by atoms with Crippen molar-refractivity contribution in [1.29, 1.82) is 0 Å². The number of nitrogens with zero attached hydrogens (tertiary/aromatic N) is 3. The summed E-state index contributed by atoms with van der Waals surface area (Å²) in [5.74, 6) is 0.376. The predicted molar refractivity (Wildman–Crippen MR) is 112 cm³/mol. The van der Waals surface area contributed by atoms with Crippen molar-refractivity contribution < 1.29 is 23.1 Å². The molecule has 1 aliphatic heterocycles. The summed E-state index contributed by atoms with van der Waals surface area (Å²) in [5, 5.41) is 18.2. The van der Waals surface area contributed by atoms with E-state index in [1.54, 1.807) is 19.2 Å². The Kier molecular flexibility index (Phi) is 7.29. The second kappa shape index (κ2) is 9.92. The van der Waals surface area contributed by atoms with Gasteiger partial charge in [-0.1, -0.05) is 6.42 Å². The molecule has 0 spiro atoms. The lowest BCUT2D eigenvalue weighted by atomic mass is 10.2. The second-order valence-electron chi connectivity index (χ2n) is 6.85. The highest BCUT2D eigenvalue weighted by Crippen LogP contribution is 2.30. The van der Waals surface area contributed by atoms with Gasteiger partial charge in [0.2, 0.25) is 10.0 Å². The Hall–Kier alpha value is -2.63. The monoisotopic (exact) mass is 437 g/mol. The summed E-state index contributed by atoms with van der Waals surface area (Å²) in [6.07, 6.45) is 5.74. The maximum Gasteiger partial charge on any atom is 0.323 e. The van der Waals surface area contributed by atoms with Crippen LogP contribution in [0.5, 0.6) is 5.75 Å². The first-order valence-electron chi connectivity index (χ1n) is 9.92. The Labute approximate surface area is 175 Å². The summed E-state index contributed by atoms with van der Waals surface area (Å²) in [6.45, 7) is 3.41. The summed E-state index contributed by atoms with van der Waals surface area (Å²) in [4.78, 5) is 12.6. The lowest BCUT2D eigenvalue weighted by molar-refractivity contribution is 0.262. The van der Waals surface area contributed by atoms with Crippen LogP contribution in [0.3, 0.4) is 0 Å². The largest absolute Gasteiger partial charge is 0.492 e. The van der Waals surface area contributed by atoms with Crippen molar-refractivity contribution in [1.82, 2.24) is 14.1 Å². The summed E-state index contributed by atoms with van der Waals surface area (Å²) in [6, 6.07) is 3.91. The summed E-state index contributed by atoms with van der Waals surface area (Å²) >= 11 is 0. The first-order valence-corrected chi connectivity index (χ1v) is 11.4. The number of aliphatic hydroxyl groups excluding tert-OH is 1. The lowest BCUT2D eigenvalue weighted by Gasteiger charge is -2.26. The number of aromatic nitrogens is 2. The Morgan fingerprint density at radius 2 is 2.00 bits per heavy atom. The summed E-state index contributed by atoms with van der Waals surface area (Å²) in [7, 11) is -3.64. The smallest absolute Gasteiger partial charge is 0.323 e. The van der Waals surface area contributed by atoms with Gasteiger partial charge in [0, 0.05) is 19.3 Å². The quantitative estimate of drug-likeness (QED) is 0.581. The van der Waals surface area contributed by atoms with Crippen molar-refractivity contribution in [2.24, 2.45) is 0 Å². The highest BCUT2D eigenvalue weighted by Gasteiger charge is 2.27. The second-order valence-corrected chi connectivity index (χ2v) is 8.79. The molecule has 3 N–H and O–H groups in total. The van der Waals surface area contributed by atoms with Crippen molar-refractivity contribution in [3.8, 4) is 5.75 Å². The van der Waals surface area contributed by atoms with Crippen LogP contribution in [0.4, 0.5) is 16.2 Å². The number of rotatable bonds is 8. The van der Waals surface area contributed by atoms with Crippen LogP contribution in [0.2, 0.25) is 0 Å². The number of aliphatic hydroxyl groups is 1. The average Bonchev–Trinajstić information content (AvgIpc) is 3.17. The molecular formula is C19H27N5O5S. The van der Waals surface area contributed by atoms with Gasteiger partial charge in [0.05, 0.1) is 42.2 Å². The number of hydrogen-bond acceptors (Lipinski definition) is 6. The predicted octanol–water partition coefficient (Wildman–Crippen LogP) is 2.09. The van der Waals surface area contributed by atoms with Gasteiger partial charge in [-0.3, -0.25) is 4.68 Å². The number of amides is 2. The van der Waals surface area contributed by atoms with Crippen molar-refractivity contribution >= 4 is 27.4 Å². The van der Waals surface area contributed by atoms with E-state index in [-0.39, 0.29) is 17.2 Å². The van der Waals surface area contributed by atoms with E-state index in [0.717, 1.165) is 19.3 Å². The van der Waals surface area contributed by atoms with Crippen molar-refractivity contribution in [3.05, 3.63) is 30.6 Å². The maximum atomic E-state index is 13.0. The van der Waals surface area contributed by atoms with Crippen LogP contribution >= 0.6 is 0 Å². The van der Waals surface area contributed by atoms with Crippen LogP contribution in [0, 0.1) is 0 Å². The van der Waals surface area contributed by atoms with E-state index in [2.05, 4.69) is 15.7 Å². The number of benzene rings is 1. The van der Waals surface area contributed by atoms with Gasteiger partial charge in [0.25, 0.3) is 0 Å². The number of anilines is 2. The standard InChI is InChI=1S/C19H27N5O5S/c1-2-29-18-7-6-16(30(27,28)24-8-4-3-5-9-24)12-17(18)22-19(26)21-15-13-20-23(14-15)10-11-25/h6-7,12-14,25H,2-5,8-11H2,1H3,(H2,21,22,26). The average molecular weight is 438 g/mol. The zero-order valence-electron chi connectivity index (χ0n) is 16.9. The van der Waals surface area contributed by atoms with Crippen LogP contribution in [-0.2, 0) is 16.6 Å². The number of sulfonamides is 1. The van der Waals surface area contributed by atoms with Crippen molar-refractivity contribution in [3.63, 3.8) is 0 Å². The van der Waals surface area contributed by atoms with Gasteiger partial charge in [-0.25, -0.2) is 13.2 Å².